The first-order valence-electron chi connectivity index (χ1n) is 18.7. The fourth-order valence-electron chi connectivity index (χ4n) is 8.48. The van der Waals surface area contributed by atoms with Gasteiger partial charge in [0.2, 0.25) is 11.8 Å². The summed E-state index contributed by atoms with van der Waals surface area (Å²) in [7, 11) is -3.72. The van der Waals surface area contributed by atoms with Crippen LogP contribution < -0.4 is 10.6 Å². The summed E-state index contributed by atoms with van der Waals surface area (Å²) in [6.45, 7) is 27.5. The standard InChI is InChI=1S/2C21H30ClNO2Si/c2*1-14(2)26(15(3)4,16(5)6)12-11-19-21(25-13-20(24)23-19)17-7-9-18(22)10-8-17/h2*7-10,14-16,19,21H,13H2,1-6H3,(H,23,24)/t2*19-,21+/m10/s1. The summed E-state index contributed by atoms with van der Waals surface area (Å²) in [4.78, 5) is 23.8. The van der Waals surface area contributed by atoms with Crippen LogP contribution in [0.3, 0.4) is 0 Å². The Hall–Kier alpha value is -2.57. The molecule has 2 aromatic rings. The van der Waals surface area contributed by atoms with Gasteiger partial charge in [-0.05, 0) is 68.6 Å². The molecule has 0 radical (unpaired) electrons. The van der Waals surface area contributed by atoms with E-state index < -0.39 is 16.1 Å². The molecule has 2 aliphatic rings. The van der Waals surface area contributed by atoms with Crippen molar-refractivity contribution in [1.82, 2.24) is 10.6 Å². The number of nitrogens with one attached hydrogen (secondary N) is 2. The highest BCUT2D eigenvalue weighted by Gasteiger charge is 2.43. The number of halogens is 2. The van der Waals surface area contributed by atoms with Gasteiger partial charge < -0.3 is 20.1 Å². The van der Waals surface area contributed by atoms with Crippen molar-refractivity contribution in [3.8, 4) is 22.9 Å². The number of hydrogen-bond acceptors (Lipinski definition) is 4. The number of rotatable bonds is 8. The third-order valence-electron chi connectivity index (χ3n) is 11.0. The van der Waals surface area contributed by atoms with Crippen molar-refractivity contribution < 1.29 is 19.1 Å². The van der Waals surface area contributed by atoms with E-state index in [2.05, 4.69) is 117 Å². The SMILES string of the molecule is CC(C)[Si](C#C[C@@H]1NC(=O)CO[C@@H]1c1ccc(Cl)cc1)(C(C)C)C(C)C.CC(C)[Si](C#C[C@H]1NC(=O)CO[C@H]1c1ccc(Cl)cc1)(C(C)C)C(C)C. The first kappa shape index (κ1) is 43.8. The summed E-state index contributed by atoms with van der Waals surface area (Å²) in [5, 5.41) is 7.41. The van der Waals surface area contributed by atoms with Gasteiger partial charge >= 0.3 is 0 Å². The van der Waals surface area contributed by atoms with Crippen molar-refractivity contribution in [3.05, 3.63) is 69.7 Å². The van der Waals surface area contributed by atoms with Crippen LogP contribution in [0.1, 0.15) is 106 Å². The first-order valence-corrected chi connectivity index (χ1v) is 24.0. The fourth-order valence-corrected chi connectivity index (χ4v) is 19.3. The maximum atomic E-state index is 11.9. The lowest BCUT2D eigenvalue weighted by molar-refractivity contribution is -0.136. The van der Waals surface area contributed by atoms with E-state index in [1.807, 2.05) is 48.5 Å². The molecule has 2 aliphatic heterocycles. The summed E-state index contributed by atoms with van der Waals surface area (Å²) >= 11 is 12.0. The van der Waals surface area contributed by atoms with E-state index >= 15 is 0 Å². The predicted molar refractivity (Wildman–Crippen MR) is 222 cm³/mol. The molecule has 0 aromatic heterocycles. The molecule has 4 atom stereocenters. The smallest absolute Gasteiger partial charge is 0.247 e. The summed E-state index contributed by atoms with van der Waals surface area (Å²) < 4.78 is 11.7. The van der Waals surface area contributed by atoms with Crippen molar-refractivity contribution >= 4 is 51.2 Å². The average molecular weight is 784 g/mol. The van der Waals surface area contributed by atoms with Gasteiger partial charge in [-0.1, -0.05) is 142 Å². The zero-order valence-electron chi connectivity index (χ0n) is 33.2. The highest BCUT2D eigenvalue weighted by molar-refractivity contribution is 6.91. The van der Waals surface area contributed by atoms with Gasteiger partial charge in [-0.25, -0.2) is 0 Å². The number of carbonyl (C=O) groups is 2. The second kappa shape index (κ2) is 19.2. The van der Waals surface area contributed by atoms with Gasteiger partial charge in [-0.2, -0.15) is 0 Å². The zero-order chi connectivity index (χ0) is 39.0. The van der Waals surface area contributed by atoms with Gasteiger partial charge in [0.25, 0.3) is 0 Å². The van der Waals surface area contributed by atoms with Crippen LogP contribution in [0.15, 0.2) is 48.5 Å². The first-order chi connectivity index (χ1) is 24.4. The van der Waals surface area contributed by atoms with Crippen molar-refractivity contribution in [2.45, 2.75) is 141 Å². The van der Waals surface area contributed by atoms with Gasteiger partial charge in [0.15, 0.2) is 0 Å². The number of hydrogen-bond donors (Lipinski definition) is 2. The van der Waals surface area contributed by atoms with E-state index in [4.69, 9.17) is 32.7 Å². The van der Waals surface area contributed by atoms with Crippen molar-refractivity contribution in [2.75, 3.05) is 13.2 Å². The van der Waals surface area contributed by atoms with E-state index in [9.17, 15) is 9.59 Å². The summed E-state index contributed by atoms with van der Waals surface area (Å²) in [6.07, 6.45) is -0.536. The molecule has 2 aromatic carbocycles. The number of morpholine rings is 2. The lowest BCUT2D eigenvalue weighted by Crippen LogP contribution is -2.48. The van der Waals surface area contributed by atoms with Crippen LogP contribution in [0.2, 0.25) is 43.3 Å². The molecular formula is C42H60Cl2N2O4Si2. The fraction of sp³-hybridized carbons (Fsp3) is 0.571. The molecule has 2 N–H and O–H groups in total. The Kier molecular flexibility index (Phi) is 16.1. The number of amides is 2. The monoisotopic (exact) mass is 782 g/mol. The highest BCUT2D eigenvalue weighted by Crippen LogP contribution is 2.42. The maximum Gasteiger partial charge on any atom is 0.247 e. The lowest BCUT2D eigenvalue weighted by Gasteiger charge is -2.38. The van der Waals surface area contributed by atoms with Crippen molar-refractivity contribution in [3.63, 3.8) is 0 Å². The molecule has 2 heterocycles. The molecule has 4 rings (SSSR count). The molecule has 0 saturated carbocycles. The molecule has 2 amide bonds. The molecule has 284 valence electrons. The average Bonchev–Trinajstić information content (AvgIpc) is 3.06. The molecule has 0 unspecified atom stereocenters. The number of ether oxygens (including phenoxy) is 2. The third-order valence-corrected chi connectivity index (χ3v) is 24.2. The molecule has 52 heavy (non-hydrogen) atoms. The van der Waals surface area contributed by atoms with E-state index in [-0.39, 0.29) is 49.3 Å². The third kappa shape index (κ3) is 10.3. The van der Waals surface area contributed by atoms with Gasteiger partial charge in [-0.15, -0.1) is 11.1 Å². The minimum atomic E-state index is -1.86. The van der Waals surface area contributed by atoms with Gasteiger partial charge in [0, 0.05) is 10.0 Å². The van der Waals surface area contributed by atoms with E-state index in [1.54, 1.807) is 0 Å². The largest absolute Gasteiger partial charge is 0.361 e. The summed E-state index contributed by atoms with van der Waals surface area (Å²) in [5.41, 5.74) is 12.6. The van der Waals surface area contributed by atoms with Crippen LogP contribution in [-0.4, -0.2) is 53.3 Å². The quantitative estimate of drug-likeness (QED) is 0.207. The molecule has 2 fully saturated rings. The molecule has 0 bridgehead atoms. The van der Waals surface area contributed by atoms with Crippen LogP contribution in [-0.2, 0) is 19.1 Å². The Bertz CT molecular complexity index is 1450. The number of benzene rings is 2. The number of carbonyl (C=O) groups excluding carboxylic acids is 2. The van der Waals surface area contributed by atoms with Crippen LogP contribution in [0.25, 0.3) is 0 Å². The van der Waals surface area contributed by atoms with Gasteiger partial charge in [-0.3, -0.25) is 9.59 Å². The van der Waals surface area contributed by atoms with Crippen LogP contribution in [0.5, 0.6) is 0 Å². The Balaban J connectivity index is 0.000000280. The summed E-state index contributed by atoms with van der Waals surface area (Å²) in [5.74, 6) is 6.62. The molecule has 0 aliphatic carbocycles. The van der Waals surface area contributed by atoms with Crippen molar-refractivity contribution in [1.29, 1.82) is 0 Å². The van der Waals surface area contributed by atoms with Crippen LogP contribution in [0, 0.1) is 22.9 Å². The summed E-state index contributed by atoms with van der Waals surface area (Å²) in [6, 6.07) is 14.5. The van der Waals surface area contributed by atoms with Gasteiger partial charge in [0.05, 0.1) is 0 Å². The Morgan fingerprint density at radius 3 is 1.06 bits per heavy atom. The minimum Gasteiger partial charge on any atom is -0.361 e. The lowest BCUT2D eigenvalue weighted by atomic mass is 10.0. The molecule has 2 saturated heterocycles. The van der Waals surface area contributed by atoms with E-state index in [0.29, 0.717) is 43.3 Å². The molecule has 10 heteroatoms. The molecule has 0 spiro atoms. The second-order valence-corrected chi connectivity index (χ2v) is 28.0. The predicted octanol–water partition coefficient (Wildman–Crippen LogP) is 10.2. The molecular weight excluding hydrogens is 724 g/mol. The van der Waals surface area contributed by atoms with Crippen LogP contribution in [0.4, 0.5) is 0 Å². The van der Waals surface area contributed by atoms with Crippen LogP contribution >= 0.6 is 23.2 Å². The van der Waals surface area contributed by atoms with E-state index in [1.165, 1.54) is 0 Å². The Morgan fingerprint density at radius 2 is 0.808 bits per heavy atom. The molecule has 6 nitrogen and oxygen atoms in total. The van der Waals surface area contributed by atoms with Crippen molar-refractivity contribution in [2.24, 2.45) is 0 Å². The Labute approximate surface area is 325 Å². The van der Waals surface area contributed by atoms with E-state index in [0.717, 1.165) is 11.1 Å². The van der Waals surface area contributed by atoms with Gasteiger partial charge in [0.1, 0.15) is 53.7 Å². The zero-order valence-corrected chi connectivity index (χ0v) is 36.7. The normalized spacial score (nSPS) is 20.9. The highest BCUT2D eigenvalue weighted by atomic mass is 35.5. The minimum absolute atomic E-state index is 0.0621. The topological polar surface area (TPSA) is 76.7 Å². The Morgan fingerprint density at radius 1 is 0.538 bits per heavy atom. The maximum absolute atomic E-state index is 11.9. The second-order valence-electron chi connectivity index (χ2n) is 16.0.